The molecule has 0 bridgehead atoms. The molecule has 4 rings (SSSR count). The van der Waals surface area contributed by atoms with E-state index in [1.807, 2.05) is 11.9 Å². The van der Waals surface area contributed by atoms with Crippen LogP contribution in [0.2, 0.25) is 0 Å². The van der Waals surface area contributed by atoms with Crippen LogP contribution in [0.1, 0.15) is 36.4 Å². The van der Waals surface area contributed by atoms with E-state index in [4.69, 9.17) is 5.11 Å². The second-order valence-electron chi connectivity index (χ2n) is 7.51. The summed E-state index contributed by atoms with van der Waals surface area (Å²) in [5.74, 6) is -0.743. The molecule has 0 amide bonds. The Morgan fingerprint density at radius 1 is 1.04 bits per heavy atom. The smallest absolute Gasteiger partial charge is 0.317 e. The Morgan fingerprint density at radius 3 is 2.27 bits per heavy atom. The summed E-state index contributed by atoms with van der Waals surface area (Å²) in [6.45, 7) is 2.19. The summed E-state index contributed by atoms with van der Waals surface area (Å²) in [6, 6.07) is 18.2. The van der Waals surface area contributed by atoms with Crippen LogP contribution in [0.25, 0.3) is 11.1 Å². The highest BCUT2D eigenvalue weighted by molar-refractivity contribution is 5.78. The van der Waals surface area contributed by atoms with Gasteiger partial charge in [-0.2, -0.15) is 0 Å². The van der Waals surface area contributed by atoms with E-state index in [9.17, 15) is 4.79 Å². The molecule has 1 N–H and O–H groups in total. The molecule has 1 fully saturated rings. The number of benzene rings is 2. The Kier molecular flexibility index (Phi) is 4.79. The third-order valence-electron chi connectivity index (χ3n) is 5.91. The first kappa shape index (κ1) is 17.3. The highest BCUT2D eigenvalue weighted by Crippen LogP contribution is 2.46. The number of aliphatic carboxylic acids is 1. The molecule has 4 nitrogen and oxygen atoms in total. The summed E-state index contributed by atoms with van der Waals surface area (Å²) in [5, 5.41) is 9.08. The zero-order chi connectivity index (χ0) is 18.1. The van der Waals surface area contributed by atoms with Crippen molar-refractivity contribution >= 4 is 5.97 Å². The lowest BCUT2D eigenvalue weighted by Gasteiger charge is -2.30. The van der Waals surface area contributed by atoms with Crippen molar-refractivity contribution in [3.05, 3.63) is 59.7 Å². The van der Waals surface area contributed by atoms with E-state index in [1.54, 1.807) is 0 Å². The highest BCUT2D eigenvalue weighted by atomic mass is 16.4. The largest absolute Gasteiger partial charge is 0.480 e. The lowest BCUT2D eigenvalue weighted by atomic mass is 10.0. The number of carboxylic acids is 1. The topological polar surface area (TPSA) is 43.8 Å². The molecular weight excluding hydrogens is 324 g/mol. The van der Waals surface area contributed by atoms with Gasteiger partial charge in [-0.05, 0) is 55.1 Å². The molecule has 26 heavy (non-hydrogen) atoms. The molecule has 1 aliphatic carbocycles. The van der Waals surface area contributed by atoms with Gasteiger partial charge in [0.1, 0.15) is 0 Å². The van der Waals surface area contributed by atoms with Gasteiger partial charge in [-0.25, -0.2) is 0 Å². The first-order valence-corrected chi connectivity index (χ1v) is 9.49. The number of fused-ring (bicyclic) bond motifs is 3. The second kappa shape index (κ2) is 7.22. The normalized spacial score (nSPS) is 20.6. The van der Waals surface area contributed by atoms with Gasteiger partial charge in [0.15, 0.2) is 0 Å². The van der Waals surface area contributed by atoms with Gasteiger partial charge in [0.25, 0.3) is 0 Å². The molecule has 136 valence electrons. The number of rotatable bonds is 4. The van der Waals surface area contributed by atoms with Gasteiger partial charge in [-0.15, -0.1) is 0 Å². The Morgan fingerprint density at radius 2 is 1.65 bits per heavy atom. The maximum absolute atomic E-state index is 11.0. The maximum atomic E-state index is 11.0. The third kappa shape index (κ3) is 3.15. The van der Waals surface area contributed by atoms with Crippen LogP contribution in [0.15, 0.2) is 48.5 Å². The molecule has 1 heterocycles. The molecule has 1 aliphatic heterocycles. The van der Waals surface area contributed by atoms with Crippen LogP contribution in [0, 0.1) is 0 Å². The molecule has 1 saturated heterocycles. The summed E-state index contributed by atoms with van der Waals surface area (Å²) in [6.07, 6.45) is 3.19. The fraction of sp³-hybridized carbons (Fsp3) is 0.409. The molecule has 0 aromatic heterocycles. The summed E-state index contributed by atoms with van der Waals surface area (Å²) < 4.78 is 0. The van der Waals surface area contributed by atoms with Crippen LogP contribution in [0.3, 0.4) is 0 Å². The summed E-state index contributed by atoms with van der Waals surface area (Å²) in [7, 11) is 1.94. The van der Waals surface area contributed by atoms with Gasteiger partial charge in [0, 0.05) is 12.6 Å². The zero-order valence-corrected chi connectivity index (χ0v) is 15.3. The van der Waals surface area contributed by atoms with Gasteiger partial charge < -0.3 is 5.11 Å². The molecule has 2 aliphatic rings. The van der Waals surface area contributed by atoms with Crippen molar-refractivity contribution < 1.29 is 9.90 Å². The van der Waals surface area contributed by atoms with Crippen molar-refractivity contribution in [3.8, 4) is 11.1 Å². The van der Waals surface area contributed by atoms with Crippen LogP contribution in [0.4, 0.5) is 0 Å². The quantitative estimate of drug-likeness (QED) is 0.914. The van der Waals surface area contributed by atoms with E-state index in [2.05, 4.69) is 53.4 Å². The van der Waals surface area contributed by atoms with E-state index >= 15 is 0 Å². The van der Waals surface area contributed by atoms with E-state index in [-0.39, 0.29) is 6.54 Å². The van der Waals surface area contributed by atoms with Crippen LogP contribution in [-0.4, -0.2) is 53.6 Å². The molecule has 4 heteroatoms. The molecule has 0 radical (unpaired) electrons. The van der Waals surface area contributed by atoms with Crippen LogP contribution >= 0.6 is 0 Å². The van der Waals surface area contributed by atoms with Gasteiger partial charge in [-0.1, -0.05) is 48.5 Å². The van der Waals surface area contributed by atoms with Gasteiger partial charge in [0.2, 0.25) is 0 Å². The summed E-state index contributed by atoms with van der Waals surface area (Å²) >= 11 is 0. The Bertz CT molecular complexity index is 759. The number of likely N-dealkylation sites (N-methyl/N-ethyl adjacent to an activating group) is 1. The van der Waals surface area contributed by atoms with Gasteiger partial charge in [0.05, 0.1) is 12.6 Å². The van der Waals surface area contributed by atoms with Crippen molar-refractivity contribution in [1.82, 2.24) is 9.80 Å². The van der Waals surface area contributed by atoms with Crippen molar-refractivity contribution in [1.29, 1.82) is 0 Å². The average molecular weight is 350 g/mol. The Balaban J connectivity index is 1.57. The number of carboxylic acid groups (broad SMARTS) is 1. The second-order valence-corrected chi connectivity index (χ2v) is 7.51. The Hall–Kier alpha value is -2.17. The van der Waals surface area contributed by atoms with E-state index in [0.717, 1.165) is 32.4 Å². The summed E-state index contributed by atoms with van der Waals surface area (Å²) in [4.78, 5) is 15.6. The molecule has 1 atom stereocenters. The van der Waals surface area contributed by atoms with Crippen molar-refractivity contribution in [2.24, 2.45) is 0 Å². The number of likely N-dealkylation sites (tertiary alicyclic amines) is 1. The fourth-order valence-electron chi connectivity index (χ4n) is 4.66. The molecule has 2 aromatic carbocycles. The SMILES string of the molecule is CN(CC(=O)O)C1CCCN(C2c3ccccc3-c3ccccc32)CC1. The minimum atomic E-state index is -0.743. The number of hydrogen-bond acceptors (Lipinski definition) is 3. The van der Waals surface area contributed by atoms with E-state index in [1.165, 1.54) is 22.3 Å². The minimum Gasteiger partial charge on any atom is -0.480 e. The number of nitrogens with zero attached hydrogens (tertiary/aromatic N) is 2. The average Bonchev–Trinajstić information content (AvgIpc) is 2.78. The Labute approximate surface area is 155 Å². The van der Waals surface area contributed by atoms with Crippen LogP contribution in [0.5, 0.6) is 0 Å². The lowest BCUT2D eigenvalue weighted by Crippen LogP contribution is -2.37. The molecular formula is C22H26N2O2. The monoisotopic (exact) mass is 350 g/mol. The lowest BCUT2D eigenvalue weighted by molar-refractivity contribution is -0.138. The maximum Gasteiger partial charge on any atom is 0.317 e. The van der Waals surface area contributed by atoms with Crippen LogP contribution < -0.4 is 0 Å². The van der Waals surface area contributed by atoms with Crippen molar-refractivity contribution in [3.63, 3.8) is 0 Å². The third-order valence-corrected chi connectivity index (χ3v) is 5.91. The fourth-order valence-corrected chi connectivity index (χ4v) is 4.66. The summed E-state index contributed by atoms with van der Waals surface area (Å²) in [5.41, 5.74) is 5.53. The van der Waals surface area contributed by atoms with Crippen molar-refractivity contribution in [2.45, 2.75) is 31.3 Å². The van der Waals surface area contributed by atoms with Crippen LogP contribution in [-0.2, 0) is 4.79 Å². The van der Waals surface area contributed by atoms with Gasteiger partial charge >= 0.3 is 5.97 Å². The first-order chi connectivity index (χ1) is 12.6. The van der Waals surface area contributed by atoms with E-state index in [0.29, 0.717) is 12.1 Å². The molecule has 0 spiro atoms. The molecule has 0 saturated carbocycles. The number of hydrogen-bond donors (Lipinski definition) is 1. The van der Waals surface area contributed by atoms with Gasteiger partial charge in [-0.3, -0.25) is 14.6 Å². The predicted octanol–water partition coefficient (Wildman–Crippen LogP) is 3.63. The standard InChI is InChI=1S/C22H26N2O2/c1-23(15-21(25)26)16-7-6-13-24(14-12-16)22-19-10-4-2-8-17(19)18-9-3-5-11-20(18)22/h2-5,8-11,16,22H,6-7,12-15H2,1H3,(H,25,26). The number of carbonyl (C=O) groups is 1. The zero-order valence-electron chi connectivity index (χ0n) is 15.3. The molecule has 1 unspecified atom stereocenters. The molecule has 2 aromatic rings. The predicted molar refractivity (Wildman–Crippen MR) is 103 cm³/mol. The minimum absolute atomic E-state index is 0.125. The highest BCUT2D eigenvalue weighted by Gasteiger charge is 2.34. The van der Waals surface area contributed by atoms with Crippen molar-refractivity contribution in [2.75, 3.05) is 26.7 Å². The van der Waals surface area contributed by atoms with E-state index < -0.39 is 5.97 Å². The first-order valence-electron chi connectivity index (χ1n) is 9.49.